The summed E-state index contributed by atoms with van der Waals surface area (Å²) in [6.07, 6.45) is 4.09. The number of ether oxygens (including phenoxy) is 1. The van der Waals surface area contributed by atoms with Gasteiger partial charge in [-0.2, -0.15) is 10.9 Å². The lowest BCUT2D eigenvalue weighted by Gasteiger charge is -2.42. The zero-order chi connectivity index (χ0) is 19.5. The molecule has 0 atom stereocenters. The van der Waals surface area contributed by atoms with Crippen molar-refractivity contribution in [2.24, 2.45) is 5.50 Å². The van der Waals surface area contributed by atoms with Gasteiger partial charge in [0, 0.05) is 26.2 Å². The van der Waals surface area contributed by atoms with Crippen LogP contribution in [-0.2, 0) is 4.74 Å². The largest absolute Gasteiger partial charge is 0.443 e. The molecule has 2 fully saturated rings. The molecule has 2 aliphatic rings. The smallest absolute Gasteiger partial charge is 0.429 e. The number of nitrogens with zero attached hydrogens (tertiary/aromatic N) is 3. The van der Waals surface area contributed by atoms with Crippen molar-refractivity contribution < 1.29 is 9.53 Å². The molecule has 1 amide bonds. The Balaban J connectivity index is 1.96. The van der Waals surface area contributed by atoms with E-state index in [9.17, 15) is 4.79 Å². The molecule has 27 heavy (non-hydrogen) atoms. The van der Waals surface area contributed by atoms with Crippen LogP contribution in [0.2, 0.25) is 0 Å². The Kier molecular flexibility index (Phi) is 6.26. The van der Waals surface area contributed by atoms with Crippen molar-refractivity contribution in [3.63, 3.8) is 0 Å². The van der Waals surface area contributed by atoms with Gasteiger partial charge in [0.2, 0.25) is 0 Å². The van der Waals surface area contributed by atoms with E-state index in [-0.39, 0.29) is 0 Å². The second-order valence-corrected chi connectivity index (χ2v) is 11.0. The number of nitrogens with two attached hydrogens (primary N) is 1. The van der Waals surface area contributed by atoms with E-state index >= 15 is 0 Å². The number of carbonyl (C=O) groups is 1. The van der Waals surface area contributed by atoms with Gasteiger partial charge in [0.1, 0.15) is 11.3 Å². The SMILES string of the molecule is CC(C)(C)OC(=O)NN(c1ccccc1)[P+](N)(N1CCCC1)N1CCCC1. The molecular weight excluding hydrogens is 361 g/mol. The van der Waals surface area contributed by atoms with E-state index < -0.39 is 19.6 Å². The van der Waals surface area contributed by atoms with Gasteiger partial charge in [0.25, 0.3) is 0 Å². The zero-order valence-corrected chi connectivity index (χ0v) is 17.6. The molecule has 0 spiro atoms. The molecule has 3 rings (SSSR count). The first kappa shape index (κ1) is 20.3. The highest BCUT2D eigenvalue weighted by Gasteiger charge is 2.57. The Labute approximate surface area is 163 Å². The van der Waals surface area contributed by atoms with Crippen molar-refractivity contribution in [1.82, 2.24) is 14.8 Å². The van der Waals surface area contributed by atoms with Crippen molar-refractivity contribution in [2.75, 3.05) is 31.0 Å². The number of para-hydroxylation sites is 1. The minimum Gasteiger partial charge on any atom is -0.443 e. The van der Waals surface area contributed by atoms with Gasteiger partial charge in [-0.3, -0.25) is 0 Å². The highest BCUT2D eigenvalue weighted by atomic mass is 31.2. The minimum atomic E-state index is -2.43. The van der Waals surface area contributed by atoms with Gasteiger partial charge in [-0.15, -0.1) is 14.1 Å². The number of hydrogen-bond donors (Lipinski definition) is 2. The van der Waals surface area contributed by atoms with Crippen LogP contribution < -0.4 is 15.7 Å². The van der Waals surface area contributed by atoms with Crippen LogP contribution in [0, 0.1) is 0 Å². The lowest BCUT2D eigenvalue weighted by Crippen LogP contribution is -2.55. The topological polar surface area (TPSA) is 74.1 Å². The van der Waals surface area contributed by atoms with E-state index in [2.05, 4.69) is 14.8 Å². The summed E-state index contributed by atoms with van der Waals surface area (Å²) < 4.78 is 12.2. The molecule has 1 aromatic carbocycles. The summed E-state index contributed by atoms with van der Waals surface area (Å²) in [5.41, 5.74) is 10.5. The number of hydrogen-bond acceptors (Lipinski definition) is 6. The molecule has 2 heterocycles. The highest BCUT2D eigenvalue weighted by molar-refractivity contribution is 7.70. The van der Waals surface area contributed by atoms with Gasteiger partial charge in [-0.05, 0) is 58.6 Å². The molecule has 0 saturated carbocycles. The fourth-order valence-electron chi connectivity index (χ4n) is 3.69. The van der Waals surface area contributed by atoms with E-state index in [1.807, 2.05) is 55.9 Å². The van der Waals surface area contributed by atoms with E-state index in [1.54, 1.807) is 0 Å². The number of rotatable bonds is 5. The molecule has 3 N–H and O–H groups in total. The molecule has 2 aliphatic heterocycles. The molecule has 1 aromatic rings. The fraction of sp³-hybridized carbons (Fsp3) is 0.632. The molecule has 2 saturated heterocycles. The van der Waals surface area contributed by atoms with Crippen LogP contribution in [0.5, 0.6) is 0 Å². The van der Waals surface area contributed by atoms with Crippen LogP contribution in [0.1, 0.15) is 46.5 Å². The molecule has 0 aromatic heterocycles. The normalized spacial score (nSPS) is 19.3. The van der Waals surface area contributed by atoms with Crippen LogP contribution in [0.3, 0.4) is 0 Å². The first-order valence-corrected chi connectivity index (χ1v) is 11.6. The maximum Gasteiger partial charge on any atom is 0.429 e. The predicted octanol–water partition coefficient (Wildman–Crippen LogP) is 3.76. The van der Waals surface area contributed by atoms with Crippen molar-refractivity contribution in [2.45, 2.75) is 52.1 Å². The fourth-order valence-corrected chi connectivity index (χ4v) is 7.00. The number of hydrazine groups is 1. The third-order valence-electron chi connectivity index (χ3n) is 4.89. The van der Waals surface area contributed by atoms with Gasteiger partial charge in [0.15, 0.2) is 0 Å². The summed E-state index contributed by atoms with van der Waals surface area (Å²) in [5, 5.41) is 0. The van der Waals surface area contributed by atoms with E-state index in [0.29, 0.717) is 0 Å². The average Bonchev–Trinajstić information content (AvgIpc) is 3.32. The van der Waals surface area contributed by atoms with E-state index in [4.69, 9.17) is 10.2 Å². The summed E-state index contributed by atoms with van der Waals surface area (Å²) >= 11 is 0. The maximum absolute atomic E-state index is 12.7. The summed E-state index contributed by atoms with van der Waals surface area (Å²) in [5.74, 6) is 0. The Morgan fingerprint density at radius 1 is 1.04 bits per heavy atom. The quantitative estimate of drug-likeness (QED) is 0.585. The van der Waals surface area contributed by atoms with Gasteiger partial charge in [-0.1, -0.05) is 18.2 Å². The van der Waals surface area contributed by atoms with Gasteiger partial charge in [0.05, 0.1) is 0 Å². The van der Waals surface area contributed by atoms with Crippen LogP contribution in [0.15, 0.2) is 30.3 Å². The highest BCUT2D eigenvalue weighted by Crippen LogP contribution is 2.63. The number of carbonyl (C=O) groups excluding carboxylic acids is 1. The Morgan fingerprint density at radius 3 is 1.96 bits per heavy atom. The third kappa shape index (κ3) is 4.72. The van der Waals surface area contributed by atoms with E-state index in [0.717, 1.165) is 57.5 Å². The van der Waals surface area contributed by atoms with Crippen molar-refractivity contribution in [1.29, 1.82) is 0 Å². The molecule has 0 bridgehead atoms. The molecule has 0 unspecified atom stereocenters. The maximum atomic E-state index is 12.7. The number of nitrogens with one attached hydrogen (secondary N) is 1. The number of anilines is 1. The van der Waals surface area contributed by atoms with Crippen LogP contribution in [0.25, 0.3) is 0 Å². The molecule has 7 nitrogen and oxygen atoms in total. The van der Waals surface area contributed by atoms with Gasteiger partial charge >= 0.3 is 14.0 Å². The molecule has 0 radical (unpaired) electrons. The lowest BCUT2D eigenvalue weighted by atomic mass is 10.2. The summed E-state index contributed by atoms with van der Waals surface area (Å²) in [6.45, 7) is 9.43. The monoisotopic (exact) mass is 394 g/mol. The Morgan fingerprint density at radius 2 is 1.52 bits per heavy atom. The van der Waals surface area contributed by atoms with Crippen molar-refractivity contribution in [3.8, 4) is 0 Å². The van der Waals surface area contributed by atoms with Crippen LogP contribution in [0.4, 0.5) is 10.5 Å². The standard InChI is InChI=1S/C19H32N5O2P/c1-19(2,3)26-18(25)21-24(17-11-5-4-6-12-17)27(20,22-13-7-8-14-22)23-15-9-10-16-23/h4-6,11-12H,7-10,13-16,20H2,1-3H3/p+1. The summed E-state index contributed by atoms with van der Waals surface area (Å²) in [6, 6.07) is 9.89. The molecular formula is C19H33N5O2P+. The Hall–Kier alpha value is -1.40. The van der Waals surface area contributed by atoms with E-state index in [1.165, 1.54) is 0 Å². The number of amides is 1. The molecule has 0 aliphatic carbocycles. The summed E-state index contributed by atoms with van der Waals surface area (Å²) in [7, 11) is -2.43. The Bertz CT molecular complexity index is 609. The first-order valence-electron chi connectivity index (χ1n) is 9.84. The van der Waals surface area contributed by atoms with Crippen LogP contribution >= 0.6 is 7.87 Å². The van der Waals surface area contributed by atoms with Crippen molar-refractivity contribution >= 4 is 19.6 Å². The predicted molar refractivity (Wildman–Crippen MR) is 111 cm³/mol. The second-order valence-electron chi connectivity index (χ2n) is 8.20. The number of benzene rings is 1. The lowest BCUT2D eigenvalue weighted by molar-refractivity contribution is 0.0529. The molecule has 150 valence electrons. The third-order valence-corrected chi connectivity index (χ3v) is 8.27. The molecule has 8 heteroatoms. The zero-order valence-electron chi connectivity index (χ0n) is 16.7. The van der Waals surface area contributed by atoms with Gasteiger partial charge in [-0.25, -0.2) is 4.79 Å². The van der Waals surface area contributed by atoms with Crippen LogP contribution in [-0.4, -0.2) is 47.2 Å². The average molecular weight is 394 g/mol. The van der Waals surface area contributed by atoms with Crippen molar-refractivity contribution in [3.05, 3.63) is 30.3 Å². The summed E-state index contributed by atoms with van der Waals surface area (Å²) in [4.78, 5) is 12.7. The minimum absolute atomic E-state index is 0.473. The second kappa shape index (κ2) is 8.31. The first-order chi connectivity index (χ1) is 12.8. The van der Waals surface area contributed by atoms with Gasteiger partial charge < -0.3 is 4.74 Å².